The Morgan fingerprint density at radius 3 is 2.46 bits per heavy atom. The molecule has 6 atom stereocenters. The summed E-state index contributed by atoms with van der Waals surface area (Å²) >= 11 is 0. The summed E-state index contributed by atoms with van der Waals surface area (Å²) in [5.41, 5.74) is -1.46. The number of amides is 2. The Kier molecular flexibility index (Phi) is 6.85. The highest BCUT2D eigenvalue weighted by Crippen LogP contribution is 2.64. The van der Waals surface area contributed by atoms with Gasteiger partial charge in [-0.3, -0.25) is 14.4 Å². The number of benzene rings is 1. The maximum atomic E-state index is 14.0. The van der Waals surface area contributed by atoms with Crippen molar-refractivity contribution < 1.29 is 33.7 Å². The second-order valence-corrected chi connectivity index (χ2v) is 10.0. The minimum atomic E-state index is -1.16. The number of anilines is 1. The van der Waals surface area contributed by atoms with E-state index in [0.29, 0.717) is 30.7 Å². The minimum absolute atomic E-state index is 0.117. The van der Waals surface area contributed by atoms with Crippen LogP contribution in [0.4, 0.5) is 5.69 Å². The van der Waals surface area contributed by atoms with Crippen LogP contribution in [0.25, 0.3) is 0 Å². The van der Waals surface area contributed by atoms with Gasteiger partial charge in [0.1, 0.15) is 23.3 Å². The third-order valence-corrected chi connectivity index (χ3v) is 8.08. The zero-order chi connectivity index (χ0) is 25.5. The van der Waals surface area contributed by atoms with Crippen LogP contribution in [0.2, 0.25) is 0 Å². The van der Waals surface area contributed by atoms with Crippen molar-refractivity contribution in [1.82, 2.24) is 4.90 Å². The quantitative estimate of drug-likeness (QED) is 0.513. The van der Waals surface area contributed by atoms with Gasteiger partial charge >= 0.3 is 5.97 Å². The molecule has 0 radical (unpaired) electrons. The van der Waals surface area contributed by atoms with Crippen LogP contribution in [-0.2, 0) is 23.9 Å². The van der Waals surface area contributed by atoms with Crippen molar-refractivity contribution in [3.63, 3.8) is 0 Å². The Bertz CT molecular complexity index is 980. The fourth-order valence-corrected chi connectivity index (χ4v) is 6.41. The molecule has 9 heteroatoms. The molecule has 2 unspecified atom stereocenters. The smallest absolute Gasteiger partial charge is 0.312 e. The number of methoxy groups -OCH3 is 1. The molecule has 0 aliphatic carbocycles. The number of aliphatic hydroxyl groups excluding tert-OH is 1. The van der Waals surface area contributed by atoms with Gasteiger partial charge in [-0.1, -0.05) is 20.8 Å². The molecule has 3 saturated heterocycles. The highest BCUT2D eigenvalue weighted by atomic mass is 16.6. The van der Waals surface area contributed by atoms with Gasteiger partial charge in [0.2, 0.25) is 11.8 Å². The van der Waals surface area contributed by atoms with Gasteiger partial charge in [0.05, 0.1) is 37.9 Å². The van der Waals surface area contributed by atoms with Crippen molar-refractivity contribution in [2.24, 2.45) is 17.8 Å². The average Bonchev–Trinajstić information content (AvgIpc) is 3.44. The first-order chi connectivity index (χ1) is 16.7. The van der Waals surface area contributed by atoms with Crippen molar-refractivity contribution in [2.75, 3.05) is 25.6 Å². The molecule has 1 spiro atoms. The van der Waals surface area contributed by atoms with Crippen molar-refractivity contribution in [3.05, 3.63) is 24.3 Å². The van der Waals surface area contributed by atoms with Crippen LogP contribution < -0.4 is 10.1 Å². The van der Waals surface area contributed by atoms with Crippen molar-refractivity contribution in [2.45, 2.75) is 70.2 Å². The number of ether oxygens (including phenoxy) is 3. The van der Waals surface area contributed by atoms with E-state index >= 15 is 0 Å². The van der Waals surface area contributed by atoms with Gasteiger partial charge in [-0.25, -0.2) is 0 Å². The predicted octanol–water partition coefficient (Wildman–Crippen LogP) is 2.37. The molecule has 2 bridgehead atoms. The number of likely N-dealkylation sites (tertiary alicyclic amines) is 1. The molecule has 4 rings (SSSR count). The number of aliphatic hydroxyl groups is 1. The molecule has 3 aliphatic rings. The molecular formula is C26H36N2O7. The van der Waals surface area contributed by atoms with E-state index < -0.39 is 47.0 Å². The van der Waals surface area contributed by atoms with Crippen molar-refractivity contribution in [3.8, 4) is 5.75 Å². The van der Waals surface area contributed by atoms with Crippen LogP contribution in [-0.4, -0.2) is 71.4 Å². The summed E-state index contributed by atoms with van der Waals surface area (Å²) in [5, 5.41) is 13.2. The topological polar surface area (TPSA) is 114 Å². The monoisotopic (exact) mass is 488 g/mol. The summed E-state index contributed by atoms with van der Waals surface area (Å²) in [6.45, 7) is 7.35. The van der Waals surface area contributed by atoms with Crippen molar-refractivity contribution in [1.29, 1.82) is 0 Å². The number of carbonyl (C=O) groups excluding carboxylic acids is 3. The van der Waals surface area contributed by atoms with Gasteiger partial charge in [-0.05, 0) is 56.4 Å². The summed E-state index contributed by atoms with van der Waals surface area (Å²) in [6.07, 6.45) is 1.56. The summed E-state index contributed by atoms with van der Waals surface area (Å²) in [5.74, 6) is -2.29. The van der Waals surface area contributed by atoms with Gasteiger partial charge in [-0.2, -0.15) is 0 Å². The predicted molar refractivity (Wildman–Crippen MR) is 128 cm³/mol. The maximum Gasteiger partial charge on any atom is 0.312 e. The van der Waals surface area contributed by atoms with E-state index in [2.05, 4.69) is 5.32 Å². The van der Waals surface area contributed by atoms with Crippen LogP contribution >= 0.6 is 0 Å². The molecule has 192 valence electrons. The molecule has 3 heterocycles. The first kappa shape index (κ1) is 25.4. The van der Waals surface area contributed by atoms with Gasteiger partial charge < -0.3 is 29.5 Å². The highest BCUT2D eigenvalue weighted by Gasteiger charge is 2.79. The SMILES string of the molecule is CCOC(=O)[C@@H]1[C@H]2C(=O)N([C@@H](CO)C(C)C)C(C(=O)Nc3ccc(OC)cc3)C23CC[C@@]1(CC)O3. The Balaban J connectivity index is 1.78. The third kappa shape index (κ3) is 3.80. The van der Waals surface area contributed by atoms with E-state index in [0.717, 1.165) is 0 Å². The standard InChI is InChI=1S/C26H36N2O7/c1-6-25-12-13-26(35-25)19(20(25)24(32)34-7-2)23(31)28(18(14-29)15(3)4)21(26)22(30)27-16-8-10-17(33-5)11-9-16/h8-11,15,18-21,29H,6-7,12-14H2,1-5H3,(H,27,30)/t18-,19-,20-,21?,25+,26?/m0/s1. The molecule has 9 nitrogen and oxygen atoms in total. The lowest BCUT2D eigenvalue weighted by atomic mass is 9.65. The summed E-state index contributed by atoms with van der Waals surface area (Å²) in [7, 11) is 1.56. The van der Waals surface area contributed by atoms with E-state index in [-0.39, 0.29) is 25.0 Å². The highest BCUT2D eigenvalue weighted by molar-refractivity contribution is 6.03. The number of hydrogen-bond acceptors (Lipinski definition) is 7. The minimum Gasteiger partial charge on any atom is -0.497 e. The molecule has 2 N–H and O–H groups in total. The van der Waals surface area contributed by atoms with Crippen molar-refractivity contribution >= 4 is 23.5 Å². The lowest BCUT2D eigenvalue weighted by Crippen LogP contribution is -2.57. The molecule has 2 amide bonds. The molecule has 0 aromatic heterocycles. The largest absolute Gasteiger partial charge is 0.497 e. The van der Waals surface area contributed by atoms with Crippen LogP contribution in [0.3, 0.4) is 0 Å². The van der Waals surface area contributed by atoms with E-state index in [1.807, 2.05) is 20.8 Å². The first-order valence-corrected chi connectivity index (χ1v) is 12.4. The van der Waals surface area contributed by atoms with Crippen LogP contribution in [0.5, 0.6) is 5.75 Å². The lowest BCUT2D eigenvalue weighted by molar-refractivity contribution is -0.161. The van der Waals surface area contributed by atoms with E-state index in [9.17, 15) is 19.5 Å². The van der Waals surface area contributed by atoms with Gasteiger partial charge in [0, 0.05) is 5.69 Å². The second kappa shape index (κ2) is 9.43. The molecule has 1 aromatic rings. The number of nitrogens with zero attached hydrogens (tertiary/aromatic N) is 1. The molecular weight excluding hydrogens is 452 g/mol. The van der Waals surface area contributed by atoms with Crippen LogP contribution in [0, 0.1) is 17.8 Å². The first-order valence-electron chi connectivity index (χ1n) is 12.4. The normalized spacial score (nSPS) is 32.0. The Morgan fingerprint density at radius 2 is 1.91 bits per heavy atom. The third-order valence-electron chi connectivity index (χ3n) is 8.08. The van der Waals surface area contributed by atoms with E-state index in [4.69, 9.17) is 14.2 Å². The number of hydrogen-bond donors (Lipinski definition) is 2. The molecule has 3 fully saturated rings. The molecule has 3 aliphatic heterocycles. The van der Waals surface area contributed by atoms with Gasteiger partial charge in [-0.15, -0.1) is 0 Å². The lowest BCUT2D eigenvalue weighted by Gasteiger charge is -2.38. The van der Waals surface area contributed by atoms with Crippen LogP contribution in [0.1, 0.15) is 47.0 Å². The Labute approximate surface area is 206 Å². The number of fused-ring (bicyclic) bond motifs is 1. The molecule has 0 saturated carbocycles. The van der Waals surface area contributed by atoms with E-state index in [1.165, 1.54) is 4.90 Å². The number of rotatable bonds is 9. The Morgan fingerprint density at radius 1 is 1.23 bits per heavy atom. The van der Waals surface area contributed by atoms with Gasteiger partial charge in [0.15, 0.2) is 0 Å². The van der Waals surface area contributed by atoms with E-state index in [1.54, 1.807) is 38.3 Å². The maximum absolute atomic E-state index is 14.0. The fourth-order valence-electron chi connectivity index (χ4n) is 6.41. The molecule has 35 heavy (non-hydrogen) atoms. The summed E-state index contributed by atoms with van der Waals surface area (Å²) < 4.78 is 17.2. The summed E-state index contributed by atoms with van der Waals surface area (Å²) in [6, 6.07) is 5.33. The zero-order valence-corrected chi connectivity index (χ0v) is 21.1. The molecule has 1 aromatic carbocycles. The number of nitrogens with one attached hydrogen (secondary N) is 1. The number of carbonyl (C=O) groups is 3. The average molecular weight is 489 g/mol. The van der Waals surface area contributed by atoms with Gasteiger partial charge in [0.25, 0.3) is 0 Å². The fraction of sp³-hybridized carbons (Fsp3) is 0.654. The Hall–Kier alpha value is -2.65. The summed E-state index contributed by atoms with van der Waals surface area (Å²) in [4.78, 5) is 42.5. The second-order valence-electron chi connectivity index (χ2n) is 10.0. The number of esters is 1. The zero-order valence-electron chi connectivity index (χ0n) is 21.1. The van der Waals surface area contributed by atoms with Crippen LogP contribution in [0.15, 0.2) is 24.3 Å².